The van der Waals surface area contributed by atoms with Crippen LogP contribution in [-0.2, 0) is 6.54 Å². The average Bonchev–Trinajstić information content (AvgIpc) is 2.51. The van der Waals surface area contributed by atoms with Crippen molar-refractivity contribution in [3.05, 3.63) is 23.8 Å². The molecule has 0 aromatic carbocycles. The minimum Gasteiger partial charge on any atom is -0.303 e. The molecule has 1 aromatic rings. The summed E-state index contributed by atoms with van der Waals surface area (Å²) in [7, 11) is 0. The van der Waals surface area contributed by atoms with E-state index in [-0.39, 0.29) is 0 Å². The highest BCUT2D eigenvalue weighted by Gasteiger charge is 2.23. The Morgan fingerprint density at radius 3 is 2.48 bits per heavy atom. The molecule has 4 heteroatoms. The Labute approximate surface area is 128 Å². The Bertz CT molecular complexity index is 425. The van der Waals surface area contributed by atoms with Crippen LogP contribution in [0.4, 0.5) is 0 Å². The maximum Gasteiger partial charge on any atom is 0.125 e. The maximum absolute atomic E-state index is 4.31. The normalized spacial score (nSPS) is 25.1. The molecule has 1 unspecified atom stereocenters. The van der Waals surface area contributed by atoms with E-state index in [1.165, 1.54) is 70.4 Å². The Morgan fingerprint density at radius 2 is 1.71 bits per heavy atom. The van der Waals surface area contributed by atoms with Crippen LogP contribution in [0.1, 0.15) is 43.5 Å². The highest BCUT2D eigenvalue weighted by molar-refractivity contribution is 5.04. The molecule has 0 radical (unpaired) electrons. The quantitative estimate of drug-likeness (QED) is 0.852. The van der Waals surface area contributed by atoms with Gasteiger partial charge in [0.1, 0.15) is 5.82 Å². The van der Waals surface area contributed by atoms with Crippen LogP contribution in [0, 0.1) is 12.8 Å². The first-order chi connectivity index (χ1) is 10.3. The molecule has 2 aliphatic heterocycles. The van der Waals surface area contributed by atoms with Crippen LogP contribution in [0.3, 0.4) is 0 Å². The molecular weight excluding hydrogens is 260 g/mol. The van der Waals surface area contributed by atoms with Gasteiger partial charge in [-0.15, -0.1) is 0 Å². The predicted octanol–water partition coefficient (Wildman–Crippen LogP) is 2.48. The molecule has 1 atom stereocenters. The standard InChI is InChI=1S/C17H28N4/c1-15-18-10-17(11-19-15)14-21-9-5-6-16(13-21)12-20-7-3-2-4-8-20/h10-11,16H,2-9,12-14H2,1H3. The van der Waals surface area contributed by atoms with Crippen molar-refractivity contribution in [3.8, 4) is 0 Å². The molecule has 116 valence electrons. The topological polar surface area (TPSA) is 32.3 Å². The highest BCUT2D eigenvalue weighted by atomic mass is 15.2. The summed E-state index contributed by atoms with van der Waals surface area (Å²) >= 11 is 0. The third-order valence-corrected chi connectivity index (χ3v) is 4.81. The first-order valence-corrected chi connectivity index (χ1v) is 8.52. The monoisotopic (exact) mass is 288 g/mol. The van der Waals surface area contributed by atoms with Gasteiger partial charge in [0.15, 0.2) is 0 Å². The van der Waals surface area contributed by atoms with Crippen LogP contribution in [-0.4, -0.2) is 52.5 Å². The van der Waals surface area contributed by atoms with E-state index in [1.807, 2.05) is 19.3 Å². The first-order valence-electron chi connectivity index (χ1n) is 8.52. The molecule has 4 nitrogen and oxygen atoms in total. The van der Waals surface area contributed by atoms with Gasteiger partial charge in [-0.2, -0.15) is 0 Å². The fraction of sp³-hybridized carbons (Fsp3) is 0.765. The predicted molar refractivity (Wildman–Crippen MR) is 85.1 cm³/mol. The summed E-state index contributed by atoms with van der Waals surface area (Å²) in [5.41, 5.74) is 1.25. The minimum atomic E-state index is 0.850. The Hall–Kier alpha value is -1.00. The minimum absolute atomic E-state index is 0.850. The van der Waals surface area contributed by atoms with Crippen molar-refractivity contribution in [3.63, 3.8) is 0 Å². The van der Waals surface area contributed by atoms with Gasteiger partial charge in [0, 0.05) is 37.6 Å². The lowest BCUT2D eigenvalue weighted by Crippen LogP contribution is -2.42. The summed E-state index contributed by atoms with van der Waals surface area (Å²) in [5.74, 6) is 1.71. The van der Waals surface area contributed by atoms with Crippen molar-refractivity contribution >= 4 is 0 Å². The van der Waals surface area contributed by atoms with E-state index in [4.69, 9.17) is 0 Å². The number of aryl methyl sites for hydroxylation is 1. The molecule has 1 aromatic heterocycles. The second kappa shape index (κ2) is 7.32. The molecule has 0 aliphatic carbocycles. The van der Waals surface area contributed by atoms with Crippen LogP contribution in [0.25, 0.3) is 0 Å². The highest BCUT2D eigenvalue weighted by Crippen LogP contribution is 2.21. The number of piperidine rings is 2. The largest absolute Gasteiger partial charge is 0.303 e. The maximum atomic E-state index is 4.31. The Balaban J connectivity index is 1.49. The fourth-order valence-corrected chi connectivity index (χ4v) is 3.71. The molecule has 21 heavy (non-hydrogen) atoms. The number of likely N-dealkylation sites (tertiary alicyclic amines) is 2. The molecule has 0 amide bonds. The third kappa shape index (κ3) is 4.48. The first kappa shape index (κ1) is 14.9. The van der Waals surface area contributed by atoms with Crippen LogP contribution in [0.15, 0.2) is 12.4 Å². The number of rotatable bonds is 4. The Kier molecular flexibility index (Phi) is 5.20. The van der Waals surface area contributed by atoms with Crippen molar-refractivity contribution in [2.45, 2.75) is 45.6 Å². The van der Waals surface area contributed by atoms with Gasteiger partial charge >= 0.3 is 0 Å². The van der Waals surface area contributed by atoms with Crippen molar-refractivity contribution in [2.75, 3.05) is 32.7 Å². The van der Waals surface area contributed by atoms with E-state index < -0.39 is 0 Å². The molecule has 2 saturated heterocycles. The molecule has 3 heterocycles. The average molecular weight is 288 g/mol. The van der Waals surface area contributed by atoms with Gasteiger partial charge in [0.2, 0.25) is 0 Å². The summed E-state index contributed by atoms with van der Waals surface area (Å²) < 4.78 is 0. The molecule has 3 rings (SSSR count). The second-order valence-corrected chi connectivity index (χ2v) is 6.74. The van der Waals surface area contributed by atoms with Gasteiger partial charge in [-0.25, -0.2) is 9.97 Å². The van der Waals surface area contributed by atoms with E-state index in [0.717, 1.165) is 18.3 Å². The van der Waals surface area contributed by atoms with Crippen LogP contribution in [0.5, 0.6) is 0 Å². The van der Waals surface area contributed by atoms with Crippen molar-refractivity contribution < 1.29 is 0 Å². The van der Waals surface area contributed by atoms with Gasteiger partial charge < -0.3 is 4.90 Å². The smallest absolute Gasteiger partial charge is 0.125 e. The second-order valence-electron chi connectivity index (χ2n) is 6.74. The van der Waals surface area contributed by atoms with E-state index in [2.05, 4.69) is 19.8 Å². The van der Waals surface area contributed by atoms with Gasteiger partial charge in [-0.1, -0.05) is 6.42 Å². The molecular formula is C17H28N4. The SMILES string of the molecule is Cc1ncc(CN2CCCC(CN3CCCCC3)C2)cn1. The van der Waals surface area contributed by atoms with Crippen molar-refractivity contribution in [1.82, 2.24) is 19.8 Å². The van der Waals surface area contributed by atoms with Crippen molar-refractivity contribution in [2.24, 2.45) is 5.92 Å². The van der Waals surface area contributed by atoms with E-state index >= 15 is 0 Å². The molecule has 0 spiro atoms. The van der Waals surface area contributed by atoms with Gasteiger partial charge in [-0.05, 0) is 58.2 Å². The zero-order valence-electron chi connectivity index (χ0n) is 13.3. The van der Waals surface area contributed by atoms with Crippen molar-refractivity contribution in [1.29, 1.82) is 0 Å². The number of hydrogen-bond acceptors (Lipinski definition) is 4. The van der Waals surface area contributed by atoms with Crippen LogP contribution < -0.4 is 0 Å². The molecule has 2 aliphatic rings. The molecule has 0 saturated carbocycles. The molecule has 2 fully saturated rings. The number of hydrogen-bond donors (Lipinski definition) is 0. The fourth-order valence-electron chi connectivity index (χ4n) is 3.71. The lowest BCUT2D eigenvalue weighted by Gasteiger charge is -2.36. The molecule has 0 N–H and O–H groups in total. The zero-order chi connectivity index (χ0) is 14.5. The zero-order valence-corrected chi connectivity index (χ0v) is 13.3. The van der Waals surface area contributed by atoms with Gasteiger partial charge in [0.25, 0.3) is 0 Å². The van der Waals surface area contributed by atoms with E-state index in [1.54, 1.807) is 0 Å². The van der Waals surface area contributed by atoms with Gasteiger partial charge in [0.05, 0.1) is 0 Å². The summed E-state index contributed by atoms with van der Waals surface area (Å²) in [4.78, 5) is 13.9. The summed E-state index contributed by atoms with van der Waals surface area (Å²) in [6, 6.07) is 0. The third-order valence-electron chi connectivity index (χ3n) is 4.81. The number of aromatic nitrogens is 2. The summed E-state index contributed by atoms with van der Waals surface area (Å²) in [6.45, 7) is 9.37. The summed E-state index contributed by atoms with van der Waals surface area (Å²) in [6.07, 6.45) is 10.9. The van der Waals surface area contributed by atoms with E-state index in [0.29, 0.717) is 0 Å². The van der Waals surface area contributed by atoms with E-state index in [9.17, 15) is 0 Å². The van der Waals surface area contributed by atoms with Gasteiger partial charge in [-0.3, -0.25) is 4.90 Å². The lowest BCUT2D eigenvalue weighted by atomic mass is 9.96. The molecule has 0 bridgehead atoms. The van der Waals surface area contributed by atoms with Crippen LogP contribution in [0.2, 0.25) is 0 Å². The summed E-state index contributed by atoms with van der Waals surface area (Å²) in [5, 5.41) is 0. The van der Waals surface area contributed by atoms with Crippen LogP contribution >= 0.6 is 0 Å². The lowest BCUT2D eigenvalue weighted by molar-refractivity contribution is 0.118. The number of nitrogens with zero attached hydrogens (tertiary/aromatic N) is 4. The Morgan fingerprint density at radius 1 is 1.00 bits per heavy atom.